The highest BCUT2D eigenvalue weighted by Crippen LogP contribution is 2.26. The van der Waals surface area contributed by atoms with Gasteiger partial charge in [-0.05, 0) is 38.6 Å². The summed E-state index contributed by atoms with van der Waals surface area (Å²) >= 11 is 6.17. The zero-order chi connectivity index (χ0) is 22.6. The van der Waals surface area contributed by atoms with Crippen LogP contribution >= 0.6 is 11.6 Å². The number of nitrogens with zero attached hydrogens (tertiary/aromatic N) is 2. The number of aromatic nitrogens is 2. The van der Waals surface area contributed by atoms with Crippen LogP contribution in [0.15, 0.2) is 41.0 Å². The fourth-order valence-corrected chi connectivity index (χ4v) is 2.75. The number of hydrogen-bond acceptors (Lipinski definition) is 5. The Kier molecular flexibility index (Phi) is 7.33. The molecule has 0 aliphatic heterocycles. The maximum atomic E-state index is 13.7. The average molecular weight is 440 g/mol. The number of ether oxygens (including phenoxy) is 1. The zero-order valence-electron chi connectivity index (χ0n) is 16.4. The summed E-state index contributed by atoms with van der Waals surface area (Å²) in [6, 6.07) is 2.10. The van der Waals surface area contributed by atoms with E-state index in [-0.39, 0.29) is 28.8 Å². The highest BCUT2D eigenvalue weighted by atomic mass is 35.5. The summed E-state index contributed by atoms with van der Waals surface area (Å²) in [7, 11) is 0. The molecule has 0 fully saturated rings. The van der Waals surface area contributed by atoms with Crippen LogP contribution in [0.3, 0.4) is 0 Å². The lowest BCUT2D eigenvalue weighted by Gasteiger charge is -2.18. The maximum absolute atomic E-state index is 13.7. The number of carboxylic acid groups (broad SMARTS) is 1. The predicted octanol–water partition coefficient (Wildman–Crippen LogP) is 3.49. The topological polar surface area (TPSA) is 107 Å². The number of aryl methyl sites for hydroxylation is 1. The van der Waals surface area contributed by atoms with Gasteiger partial charge in [-0.3, -0.25) is 19.1 Å². The van der Waals surface area contributed by atoms with Crippen LogP contribution in [0.25, 0.3) is 5.70 Å². The molecule has 2 rings (SSSR count). The third kappa shape index (κ3) is 5.04. The quantitative estimate of drug-likeness (QED) is 0.639. The minimum absolute atomic E-state index is 0.0269. The van der Waals surface area contributed by atoms with Gasteiger partial charge in [0.15, 0.2) is 5.82 Å². The Morgan fingerprint density at radius 3 is 2.67 bits per heavy atom. The zero-order valence-corrected chi connectivity index (χ0v) is 17.2. The molecule has 0 aliphatic rings. The van der Waals surface area contributed by atoms with E-state index in [1.807, 2.05) is 0 Å². The molecule has 30 heavy (non-hydrogen) atoms. The van der Waals surface area contributed by atoms with Gasteiger partial charge < -0.3 is 15.6 Å². The second-order valence-electron chi connectivity index (χ2n) is 6.50. The smallest absolute Gasteiger partial charge is 0.310 e. The lowest BCUT2D eigenvalue weighted by atomic mass is 10.1. The van der Waals surface area contributed by atoms with Crippen molar-refractivity contribution in [2.24, 2.45) is 11.7 Å². The number of aliphatic carboxylic acids is 1. The first-order valence-electron chi connectivity index (χ1n) is 8.75. The Morgan fingerprint density at radius 2 is 2.10 bits per heavy atom. The van der Waals surface area contributed by atoms with Crippen LogP contribution in [-0.2, 0) is 11.4 Å². The molecule has 2 aromatic heterocycles. The molecule has 0 saturated heterocycles. The summed E-state index contributed by atoms with van der Waals surface area (Å²) in [4.78, 5) is 27.8. The van der Waals surface area contributed by atoms with Gasteiger partial charge in [0, 0.05) is 17.8 Å². The number of carboxylic acids is 1. The van der Waals surface area contributed by atoms with Crippen LogP contribution in [0.1, 0.15) is 25.2 Å². The number of hydrogen-bond donors (Lipinski definition) is 2. The van der Waals surface area contributed by atoms with Gasteiger partial charge in [-0.2, -0.15) is 0 Å². The van der Waals surface area contributed by atoms with Gasteiger partial charge in [0.1, 0.15) is 28.9 Å². The monoisotopic (exact) mass is 439 g/mol. The van der Waals surface area contributed by atoms with Crippen LogP contribution in [0.2, 0.25) is 5.02 Å². The molecule has 0 bridgehead atoms. The van der Waals surface area contributed by atoms with Crippen molar-refractivity contribution < 1.29 is 23.4 Å². The SMILES string of the molecule is CC(=C/N)/C(=C\C(C)C(=O)O)n1c(C)cc(OCc2ncc(F)cc2F)c(Cl)c1=O. The molecule has 0 saturated carbocycles. The van der Waals surface area contributed by atoms with Crippen LogP contribution < -0.4 is 16.0 Å². The summed E-state index contributed by atoms with van der Waals surface area (Å²) in [6.07, 6.45) is 3.47. The van der Waals surface area contributed by atoms with E-state index in [0.29, 0.717) is 17.3 Å². The first-order valence-corrected chi connectivity index (χ1v) is 9.13. The fraction of sp³-hybridized carbons (Fsp3) is 0.250. The molecule has 2 heterocycles. The van der Waals surface area contributed by atoms with E-state index in [1.54, 1.807) is 13.8 Å². The predicted molar refractivity (Wildman–Crippen MR) is 108 cm³/mol. The lowest BCUT2D eigenvalue weighted by molar-refractivity contribution is -0.139. The third-order valence-electron chi connectivity index (χ3n) is 4.24. The van der Waals surface area contributed by atoms with Crippen molar-refractivity contribution in [2.75, 3.05) is 0 Å². The number of pyridine rings is 2. The lowest BCUT2D eigenvalue weighted by Crippen LogP contribution is -2.24. The average Bonchev–Trinajstić information content (AvgIpc) is 2.69. The number of rotatable bonds is 7. The minimum Gasteiger partial charge on any atom is -0.485 e. The Hall–Kier alpha value is -3.20. The number of nitrogens with two attached hydrogens (primary N) is 1. The summed E-state index contributed by atoms with van der Waals surface area (Å²) in [6.45, 7) is 4.28. The molecule has 1 atom stereocenters. The van der Waals surface area contributed by atoms with E-state index < -0.39 is 29.1 Å². The van der Waals surface area contributed by atoms with Crippen molar-refractivity contribution in [3.8, 4) is 5.75 Å². The van der Waals surface area contributed by atoms with Crippen LogP contribution in [0.5, 0.6) is 5.75 Å². The third-order valence-corrected chi connectivity index (χ3v) is 4.59. The van der Waals surface area contributed by atoms with E-state index in [1.165, 1.54) is 29.8 Å². The van der Waals surface area contributed by atoms with Gasteiger partial charge in [0.05, 0.1) is 17.8 Å². The molecule has 3 N–H and O–H groups in total. The van der Waals surface area contributed by atoms with E-state index in [2.05, 4.69) is 4.98 Å². The molecule has 160 valence electrons. The maximum Gasteiger partial charge on any atom is 0.310 e. The summed E-state index contributed by atoms with van der Waals surface area (Å²) in [5, 5.41) is 8.89. The van der Waals surface area contributed by atoms with E-state index >= 15 is 0 Å². The molecule has 1 unspecified atom stereocenters. The standard InChI is InChI=1S/C20H20ClF2N3O4/c1-10(20(28)29)4-16(11(2)7-24)26-12(3)5-17(18(21)19(26)27)30-9-15-14(23)6-13(22)8-25-15/h4-8,10H,9,24H2,1-3H3,(H,28,29)/b11-7-,16-4+. The van der Waals surface area contributed by atoms with E-state index in [9.17, 15) is 23.5 Å². The van der Waals surface area contributed by atoms with Crippen LogP contribution in [-0.4, -0.2) is 20.6 Å². The largest absolute Gasteiger partial charge is 0.485 e. The Labute approximate surface area is 176 Å². The van der Waals surface area contributed by atoms with Gasteiger partial charge in [0.2, 0.25) is 0 Å². The van der Waals surface area contributed by atoms with Crippen molar-refractivity contribution in [2.45, 2.75) is 27.4 Å². The first-order chi connectivity index (χ1) is 14.1. The van der Waals surface area contributed by atoms with Gasteiger partial charge in [-0.1, -0.05) is 11.6 Å². The van der Waals surface area contributed by atoms with Gasteiger partial charge >= 0.3 is 5.97 Å². The Balaban J connectivity index is 2.48. The normalized spacial score (nSPS) is 13.3. The second kappa shape index (κ2) is 9.53. The highest BCUT2D eigenvalue weighted by Gasteiger charge is 2.19. The Bertz CT molecular complexity index is 1100. The molecule has 7 nitrogen and oxygen atoms in total. The number of carbonyl (C=O) groups is 1. The van der Waals surface area contributed by atoms with Gasteiger partial charge in [0.25, 0.3) is 5.56 Å². The molecule has 0 amide bonds. The van der Waals surface area contributed by atoms with Crippen LogP contribution in [0.4, 0.5) is 8.78 Å². The van der Waals surface area contributed by atoms with Gasteiger partial charge in [-0.15, -0.1) is 0 Å². The van der Waals surface area contributed by atoms with Gasteiger partial charge in [-0.25, -0.2) is 8.78 Å². The second-order valence-corrected chi connectivity index (χ2v) is 6.88. The van der Waals surface area contributed by atoms with Crippen molar-refractivity contribution >= 4 is 23.3 Å². The number of allylic oxidation sites excluding steroid dienone is 2. The molecular formula is C20H20ClF2N3O4. The molecule has 10 heteroatoms. The van der Waals surface area contributed by atoms with E-state index in [0.717, 1.165) is 6.20 Å². The molecule has 2 aromatic rings. The number of halogens is 3. The summed E-state index contributed by atoms with van der Waals surface area (Å²) in [5.74, 6) is -3.73. The molecule has 0 radical (unpaired) electrons. The van der Waals surface area contributed by atoms with Crippen molar-refractivity contribution in [1.82, 2.24) is 9.55 Å². The summed E-state index contributed by atoms with van der Waals surface area (Å²) < 4.78 is 33.3. The van der Waals surface area contributed by atoms with Crippen LogP contribution in [0, 0.1) is 24.5 Å². The Morgan fingerprint density at radius 1 is 1.43 bits per heavy atom. The molecule has 0 spiro atoms. The minimum atomic E-state index is -1.08. The fourth-order valence-electron chi connectivity index (χ4n) is 2.56. The van der Waals surface area contributed by atoms with Crippen molar-refractivity contribution in [3.05, 3.63) is 74.6 Å². The van der Waals surface area contributed by atoms with Crippen molar-refractivity contribution in [3.63, 3.8) is 0 Å². The van der Waals surface area contributed by atoms with Crippen molar-refractivity contribution in [1.29, 1.82) is 0 Å². The molecular weight excluding hydrogens is 420 g/mol. The molecule has 0 aliphatic carbocycles. The first kappa shape index (κ1) is 23.1. The van der Waals surface area contributed by atoms with E-state index in [4.69, 9.17) is 22.1 Å². The summed E-state index contributed by atoms with van der Waals surface area (Å²) in [5.41, 5.74) is 5.82. The molecule has 0 aromatic carbocycles. The highest BCUT2D eigenvalue weighted by molar-refractivity contribution is 6.31.